The third-order valence-electron chi connectivity index (χ3n) is 5.20. The zero-order valence-electron chi connectivity index (χ0n) is 19.4. The summed E-state index contributed by atoms with van der Waals surface area (Å²) in [6.07, 6.45) is 7.13. The van der Waals surface area contributed by atoms with E-state index in [1.54, 1.807) is 0 Å². The average molecular weight is 537 g/mol. The number of halogens is 1. The molecule has 0 aliphatic carbocycles. The Labute approximate surface area is 202 Å². The van der Waals surface area contributed by atoms with Crippen molar-refractivity contribution in [2.75, 3.05) is 59.2 Å². The van der Waals surface area contributed by atoms with Gasteiger partial charge in [0.2, 0.25) is 0 Å². The number of aliphatic imine (C=N–C) groups is 1. The van der Waals surface area contributed by atoms with Gasteiger partial charge >= 0.3 is 0 Å². The van der Waals surface area contributed by atoms with Crippen LogP contribution in [0.2, 0.25) is 0 Å². The van der Waals surface area contributed by atoms with Crippen molar-refractivity contribution in [3.05, 3.63) is 25.3 Å². The third kappa shape index (κ3) is 12.9. The van der Waals surface area contributed by atoms with Gasteiger partial charge in [-0.15, -0.1) is 37.1 Å². The summed E-state index contributed by atoms with van der Waals surface area (Å²) in [5, 5.41) is 6.78. The van der Waals surface area contributed by atoms with Gasteiger partial charge in [0, 0.05) is 58.6 Å². The molecule has 7 heteroatoms. The molecule has 6 nitrogen and oxygen atoms in total. The van der Waals surface area contributed by atoms with E-state index in [9.17, 15) is 0 Å². The molecule has 1 rings (SSSR count). The number of rotatable bonds is 15. The highest BCUT2D eigenvalue weighted by Gasteiger charge is 2.20. The van der Waals surface area contributed by atoms with Gasteiger partial charge in [-0.05, 0) is 38.0 Å². The zero-order chi connectivity index (χ0) is 21.3. The van der Waals surface area contributed by atoms with Gasteiger partial charge in [-0.25, -0.2) is 0 Å². The van der Waals surface area contributed by atoms with Crippen molar-refractivity contribution >= 4 is 29.9 Å². The van der Waals surface area contributed by atoms with E-state index in [1.165, 1.54) is 0 Å². The number of hydrogen-bond donors (Lipinski definition) is 2. The van der Waals surface area contributed by atoms with E-state index in [-0.39, 0.29) is 24.0 Å². The fraction of sp³-hybridized carbons (Fsp3) is 0.783. The van der Waals surface area contributed by atoms with E-state index in [0.717, 1.165) is 84.4 Å². The molecule has 176 valence electrons. The molecule has 0 bridgehead atoms. The maximum atomic E-state index is 5.85. The van der Waals surface area contributed by atoms with Crippen molar-refractivity contribution in [2.24, 2.45) is 16.8 Å². The second-order valence-electron chi connectivity index (χ2n) is 7.97. The first kappa shape index (κ1) is 29.4. The SMILES string of the molecule is C=CCN(CC=C)C(CN=C(NCC)NCCCOCC1CCOCC1)C(C)C.I. The van der Waals surface area contributed by atoms with Crippen LogP contribution in [0, 0.1) is 11.8 Å². The van der Waals surface area contributed by atoms with Gasteiger partial charge in [-0.2, -0.15) is 0 Å². The molecule has 1 heterocycles. The minimum atomic E-state index is 0. The molecule has 1 aliphatic heterocycles. The zero-order valence-corrected chi connectivity index (χ0v) is 21.7. The minimum absolute atomic E-state index is 0. The Balaban J connectivity index is 0.00000841. The lowest BCUT2D eigenvalue weighted by molar-refractivity contribution is 0.0203. The monoisotopic (exact) mass is 536 g/mol. The van der Waals surface area contributed by atoms with E-state index in [2.05, 4.69) is 49.5 Å². The van der Waals surface area contributed by atoms with Gasteiger partial charge in [0.05, 0.1) is 6.54 Å². The number of nitrogens with zero attached hydrogens (tertiary/aromatic N) is 2. The number of guanidine groups is 1. The Morgan fingerprint density at radius 3 is 2.43 bits per heavy atom. The smallest absolute Gasteiger partial charge is 0.191 e. The fourth-order valence-corrected chi connectivity index (χ4v) is 3.50. The van der Waals surface area contributed by atoms with Crippen LogP contribution < -0.4 is 10.6 Å². The van der Waals surface area contributed by atoms with E-state index < -0.39 is 0 Å². The molecular formula is C23H45IN4O2. The lowest BCUT2D eigenvalue weighted by Gasteiger charge is -2.32. The van der Waals surface area contributed by atoms with Crippen molar-refractivity contribution in [3.8, 4) is 0 Å². The Kier molecular flexibility index (Phi) is 18.7. The summed E-state index contributed by atoms with van der Waals surface area (Å²) >= 11 is 0. The summed E-state index contributed by atoms with van der Waals surface area (Å²) < 4.78 is 11.2. The predicted octanol–water partition coefficient (Wildman–Crippen LogP) is 3.69. The first-order chi connectivity index (χ1) is 14.1. The van der Waals surface area contributed by atoms with Gasteiger partial charge < -0.3 is 20.1 Å². The Hall–Kier alpha value is -0.640. The highest BCUT2D eigenvalue weighted by atomic mass is 127. The molecule has 1 saturated heterocycles. The van der Waals surface area contributed by atoms with Gasteiger partial charge in [0.25, 0.3) is 0 Å². The molecule has 0 radical (unpaired) electrons. The molecule has 0 amide bonds. The van der Waals surface area contributed by atoms with Crippen molar-refractivity contribution in [1.82, 2.24) is 15.5 Å². The molecule has 0 aromatic rings. The summed E-state index contributed by atoms with van der Waals surface area (Å²) in [6.45, 7) is 21.9. The summed E-state index contributed by atoms with van der Waals surface area (Å²) in [5.74, 6) is 2.04. The van der Waals surface area contributed by atoms with Crippen LogP contribution in [0.4, 0.5) is 0 Å². The molecule has 0 spiro atoms. The van der Waals surface area contributed by atoms with E-state index >= 15 is 0 Å². The Morgan fingerprint density at radius 1 is 1.20 bits per heavy atom. The van der Waals surface area contributed by atoms with Gasteiger partial charge in [0.15, 0.2) is 5.96 Å². The summed E-state index contributed by atoms with van der Waals surface area (Å²) in [4.78, 5) is 7.22. The van der Waals surface area contributed by atoms with Crippen LogP contribution in [-0.2, 0) is 9.47 Å². The van der Waals surface area contributed by atoms with E-state index in [4.69, 9.17) is 14.5 Å². The fourth-order valence-electron chi connectivity index (χ4n) is 3.50. The number of nitrogens with one attached hydrogen (secondary N) is 2. The van der Waals surface area contributed by atoms with Crippen LogP contribution >= 0.6 is 24.0 Å². The molecular weight excluding hydrogens is 491 g/mol. The summed E-state index contributed by atoms with van der Waals surface area (Å²) in [5.41, 5.74) is 0. The van der Waals surface area contributed by atoms with Crippen LogP contribution in [0.1, 0.15) is 40.0 Å². The molecule has 1 unspecified atom stereocenters. The second kappa shape index (κ2) is 19.1. The van der Waals surface area contributed by atoms with Crippen LogP contribution in [0.3, 0.4) is 0 Å². The van der Waals surface area contributed by atoms with Gasteiger partial charge in [-0.1, -0.05) is 26.0 Å². The standard InChI is InChI=1S/C23H44N4O2.HI/c1-6-13-27(14-7-2)22(20(4)5)18-26-23(24-8-3)25-12-9-15-29-19-21-10-16-28-17-11-21;/h6-7,20-22H,1-2,8-19H2,3-5H3,(H2,24,25,26);1H. The average Bonchev–Trinajstić information content (AvgIpc) is 2.71. The van der Waals surface area contributed by atoms with Crippen molar-refractivity contribution < 1.29 is 9.47 Å². The van der Waals surface area contributed by atoms with Crippen molar-refractivity contribution in [2.45, 2.75) is 46.1 Å². The molecule has 1 fully saturated rings. The normalized spacial score (nSPS) is 16.2. The lowest BCUT2D eigenvalue weighted by atomic mass is 10.0. The Bertz CT molecular complexity index is 458. The first-order valence-corrected chi connectivity index (χ1v) is 11.3. The molecule has 0 aromatic carbocycles. The number of hydrogen-bond acceptors (Lipinski definition) is 4. The molecule has 0 saturated carbocycles. The predicted molar refractivity (Wildman–Crippen MR) is 139 cm³/mol. The first-order valence-electron chi connectivity index (χ1n) is 11.3. The molecule has 1 atom stereocenters. The van der Waals surface area contributed by atoms with Gasteiger partial charge in [-0.3, -0.25) is 9.89 Å². The van der Waals surface area contributed by atoms with Crippen molar-refractivity contribution in [3.63, 3.8) is 0 Å². The van der Waals surface area contributed by atoms with Crippen LogP contribution in [0.5, 0.6) is 0 Å². The molecule has 30 heavy (non-hydrogen) atoms. The highest BCUT2D eigenvalue weighted by Crippen LogP contribution is 2.14. The largest absolute Gasteiger partial charge is 0.381 e. The number of ether oxygens (including phenoxy) is 2. The van der Waals surface area contributed by atoms with Gasteiger partial charge in [0.1, 0.15) is 0 Å². The van der Waals surface area contributed by atoms with Crippen LogP contribution in [0.15, 0.2) is 30.3 Å². The van der Waals surface area contributed by atoms with Crippen LogP contribution in [-0.4, -0.2) is 76.1 Å². The molecule has 1 aliphatic rings. The van der Waals surface area contributed by atoms with Crippen LogP contribution in [0.25, 0.3) is 0 Å². The second-order valence-corrected chi connectivity index (χ2v) is 7.97. The summed E-state index contributed by atoms with van der Waals surface area (Å²) in [6, 6.07) is 0.351. The topological polar surface area (TPSA) is 58.1 Å². The van der Waals surface area contributed by atoms with E-state index in [1.807, 2.05) is 12.2 Å². The molecule has 2 N–H and O–H groups in total. The van der Waals surface area contributed by atoms with Crippen molar-refractivity contribution in [1.29, 1.82) is 0 Å². The van der Waals surface area contributed by atoms with E-state index in [0.29, 0.717) is 17.9 Å². The third-order valence-corrected chi connectivity index (χ3v) is 5.20. The Morgan fingerprint density at radius 2 is 1.87 bits per heavy atom. The summed E-state index contributed by atoms with van der Waals surface area (Å²) in [7, 11) is 0. The highest BCUT2D eigenvalue weighted by molar-refractivity contribution is 14.0. The maximum Gasteiger partial charge on any atom is 0.191 e. The molecule has 0 aromatic heterocycles. The lowest BCUT2D eigenvalue weighted by Crippen LogP contribution is -2.43. The quantitative estimate of drug-likeness (QED) is 0.110. The maximum absolute atomic E-state index is 5.85. The minimum Gasteiger partial charge on any atom is -0.381 e.